The largest absolute Gasteiger partial charge is 0.391 e. The van der Waals surface area contributed by atoms with Crippen LogP contribution in [0.1, 0.15) is 64.0 Å². The van der Waals surface area contributed by atoms with Gasteiger partial charge in [0.1, 0.15) is 16.6 Å². The maximum absolute atomic E-state index is 14.5. The Morgan fingerprint density at radius 1 is 1.11 bits per heavy atom. The van der Waals surface area contributed by atoms with Gasteiger partial charge < -0.3 is 21.1 Å². The number of allylic oxidation sites excluding steroid dienone is 1. The van der Waals surface area contributed by atoms with E-state index in [0.29, 0.717) is 39.0 Å². The summed E-state index contributed by atoms with van der Waals surface area (Å²) < 4.78 is 28.4. The van der Waals surface area contributed by atoms with Crippen molar-refractivity contribution < 1.29 is 23.5 Å². The number of hydrogen-bond donors (Lipinski definition) is 3. The zero-order valence-electron chi connectivity index (χ0n) is 26.3. The van der Waals surface area contributed by atoms with Gasteiger partial charge in [0.15, 0.2) is 0 Å². The summed E-state index contributed by atoms with van der Waals surface area (Å²) in [6.45, 7) is 7.99. The molecule has 2 aromatic carbocycles. The topological polar surface area (TPSA) is 109 Å². The van der Waals surface area contributed by atoms with Crippen LogP contribution in [0.2, 0.25) is 0 Å². The number of benzene rings is 2. The molecule has 1 heterocycles. The Morgan fingerprint density at radius 2 is 1.82 bits per heavy atom. The van der Waals surface area contributed by atoms with Crippen LogP contribution in [-0.2, 0) is 22.6 Å². The van der Waals surface area contributed by atoms with Crippen molar-refractivity contribution in [1.82, 2.24) is 15.2 Å². The predicted octanol–water partition coefficient (Wildman–Crippen LogP) is 6.02. The van der Waals surface area contributed by atoms with Crippen molar-refractivity contribution in [3.05, 3.63) is 88.5 Å². The second-order valence-corrected chi connectivity index (χ2v) is 13.1. The zero-order chi connectivity index (χ0) is 32.6. The first-order valence-electron chi connectivity index (χ1n) is 15.6. The van der Waals surface area contributed by atoms with E-state index in [1.54, 1.807) is 28.5 Å². The summed E-state index contributed by atoms with van der Waals surface area (Å²) in [6, 6.07) is 11.2. The first-order valence-corrected chi connectivity index (χ1v) is 16.5. The number of primary amides is 1. The van der Waals surface area contributed by atoms with E-state index in [-0.39, 0.29) is 24.3 Å². The van der Waals surface area contributed by atoms with Crippen molar-refractivity contribution >= 4 is 23.2 Å². The van der Waals surface area contributed by atoms with Crippen LogP contribution in [0.25, 0.3) is 10.6 Å². The van der Waals surface area contributed by atoms with E-state index >= 15 is 0 Å². The van der Waals surface area contributed by atoms with Gasteiger partial charge in [-0.3, -0.25) is 9.59 Å². The highest BCUT2D eigenvalue weighted by Crippen LogP contribution is 2.51. The molecular formula is C35H44F2N4O3S. The first kappa shape index (κ1) is 34.4. The molecule has 1 aromatic heterocycles. The number of amides is 2. The Bertz CT molecular complexity index is 1470. The van der Waals surface area contributed by atoms with Gasteiger partial charge in [-0.1, -0.05) is 43.7 Å². The van der Waals surface area contributed by atoms with E-state index in [2.05, 4.69) is 16.4 Å². The fourth-order valence-electron chi connectivity index (χ4n) is 6.78. The number of nitrogens with two attached hydrogens (primary N) is 1. The van der Waals surface area contributed by atoms with Crippen LogP contribution in [0.3, 0.4) is 0 Å². The quantitative estimate of drug-likeness (QED) is 0.139. The average molecular weight is 639 g/mol. The van der Waals surface area contributed by atoms with E-state index < -0.39 is 34.5 Å². The number of carbonyl (C=O) groups excluding carboxylic acids is 2. The molecule has 0 saturated carbocycles. The summed E-state index contributed by atoms with van der Waals surface area (Å²) in [4.78, 5) is 33.9. The molecule has 45 heavy (non-hydrogen) atoms. The second-order valence-electron chi connectivity index (χ2n) is 12.2. The van der Waals surface area contributed by atoms with Gasteiger partial charge >= 0.3 is 0 Å². The number of carbonyl (C=O) groups is 2. The number of halogens is 2. The Hall–Kier alpha value is -3.47. The van der Waals surface area contributed by atoms with Gasteiger partial charge in [0.2, 0.25) is 11.8 Å². The van der Waals surface area contributed by atoms with Gasteiger partial charge in [-0.05, 0) is 81.3 Å². The van der Waals surface area contributed by atoms with Crippen LogP contribution < -0.4 is 11.1 Å². The summed E-state index contributed by atoms with van der Waals surface area (Å²) in [6.07, 6.45) is 4.19. The minimum absolute atomic E-state index is 0.179. The third kappa shape index (κ3) is 7.85. The van der Waals surface area contributed by atoms with Gasteiger partial charge in [0, 0.05) is 42.8 Å². The summed E-state index contributed by atoms with van der Waals surface area (Å²) in [5, 5.41) is 18.6. The Labute approximate surface area is 268 Å². The van der Waals surface area contributed by atoms with Gasteiger partial charge in [-0.15, -0.1) is 11.3 Å². The van der Waals surface area contributed by atoms with Crippen molar-refractivity contribution in [3.8, 4) is 10.6 Å². The highest BCUT2D eigenvalue weighted by atomic mass is 32.1. The summed E-state index contributed by atoms with van der Waals surface area (Å²) in [7, 11) is 0. The number of aliphatic hydroxyl groups excluding tert-OH is 1. The minimum Gasteiger partial charge on any atom is -0.391 e. The second kappa shape index (κ2) is 15.2. The molecule has 3 aromatic rings. The van der Waals surface area contributed by atoms with Crippen LogP contribution in [0, 0.1) is 22.5 Å². The highest BCUT2D eigenvalue weighted by molar-refractivity contribution is 7.13. The van der Waals surface area contributed by atoms with E-state index in [1.807, 2.05) is 44.4 Å². The summed E-state index contributed by atoms with van der Waals surface area (Å²) in [5.74, 6) is -2.65. The fourth-order valence-corrected chi connectivity index (χ4v) is 7.42. The van der Waals surface area contributed by atoms with Crippen LogP contribution >= 0.6 is 11.3 Å². The molecule has 0 bridgehead atoms. The summed E-state index contributed by atoms with van der Waals surface area (Å²) >= 11 is 1.58. The molecule has 0 fully saturated rings. The third-order valence-electron chi connectivity index (χ3n) is 8.60. The molecule has 2 amide bonds. The minimum atomic E-state index is -1.73. The van der Waals surface area contributed by atoms with Crippen LogP contribution in [0.15, 0.2) is 65.7 Å². The molecule has 0 saturated heterocycles. The summed E-state index contributed by atoms with van der Waals surface area (Å²) in [5.41, 5.74) is 5.98. The number of hydrogen-bond acceptors (Lipinski definition) is 6. The van der Waals surface area contributed by atoms with Crippen molar-refractivity contribution in [2.24, 2.45) is 16.6 Å². The molecule has 4 N–H and O–H groups in total. The Balaban J connectivity index is 1.61. The monoisotopic (exact) mass is 638 g/mol. The van der Waals surface area contributed by atoms with Crippen LogP contribution in [0.5, 0.6) is 0 Å². The van der Waals surface area contributed by atoms with Gasteiger partial charge in [-0.2, -0.15) is 0 Å². The molecule has 1 aliphatic rings. The number of nitrogens with zero attached hydrogens (tertiary/aromatic N) is 2. The molecule has 3 atom stereocenters. The maximum Gasteiger partial charge on any atom is 0.231 e. The molecule has 1 unspecified atom stereocenters. The Kier molecular flexibility index (Phi) is 11.6. The zero-order valence-corrected chi connectivity index (χ0v) is 27.1. The number of aliphatic hydroxyl groups is 1. The number of nitrogens with one attached hydrogen (secondary N) is 1. The molecular weight excluding hydrogens is 594 g/mol. The van der Waals surface area contributed by atoms with Crippen LogP contribution in [0.4, 0.5) is 8.78 Å². The Morgan fingerprint density at radius 3 is 2.44 bits per heavy atom. The molecule has 0 aliphatic heterocycles. The van der Waals surface area contributed by atoms with Crippen LogP contribution in [-0.4, -0.2) is 52.5 Å². The highest BCUT2D eigenvalue weighted by Gasteiger charge is 2.59. The van der Waals surface area contributed by atoms with E-state index in [9.17, 15) is 23.5 Å². The van der Waals surface area contributed by atoms with E-state index in [1.165, 1.54) is 0 Å². The number of aromatic nitrogens is 1. The standard InChI is InChI=1S/C35H44F2N4O3S/c1-4-13-41(14-5-2)33(44)34(10-7-11-39-23-25-8-6-9-27(16-25)30-40-12-15-45-30)20-24(3)21-35(31(34)42,32(38)43)22-26-17-28(36)19-29(37)18-26/h6,8-9,12,15-19,21,31,39,42H,4-5,7,10-11,13-14,20,22-23H2,1-3H3,(H2,38,43)/t31-,34?,35-/m1/s1. The van der Waals surface area contributed by atoms with Crippen molar-refractivity contribution in [2.75, 3.05) is 19.6 Å². The van der Waals surface area contributed by atoms with Crippen molar-refractivity contribution in [3.63, 3.8) is 0 Å². The number of thiazole rings is 1. The lowest BCUT2D eigenvalue weighted by Crippen LogP contribution is -2.62. The van der Waals surface area contributed by atoms with Gasteiger partial charge in [-0.25, -0.2) is 13.8 Å². The lowest BCUT2D eigenvalue weighted by molar-refractivity contribution is -0.162. The van der Waals surface area contributed by atoms with Crippen molar-refractivity contribution in [1.29, 1.82) is 0 Å². The molecule has 0 spiro atoms. The normalized spacial score (nSPS) is 21.4. The lowest BCUT2D eigenvalue weighted by Gasteiger charge is -2.50. The molecule has 7 nitrogen and oxygen atoms in total. The molecule has 242 valence electrons. The van der Waals surface area contributed by atoms with E-state index in [0.717, 1.165) is 52.7 Å². The SMILES string of the molecule is CCCN(CCC)C(=O)C1(CCCNCc2cccc(-c3nccs3)c2)CC(C)=C[C@](Cc2cc(F)cc(F)c2)(C(N)=O)[C@@H]1O. The van der Waals surface area contributed by atoms with E-state index in [4.69, 9.17) is 5.73 Å². The molecule has 10 heteroatoms. The number of rotatable bonds is 15. The third-order valence-corrected chi connectivity index (χ3v) is 9.42. The first-order chi connectivity index (χ1) is 21.5. The lowest BCUT2D eigenvalue weighted by atomic mass is 9.57. The molecule has 4 rings (SSSR count). The van der Waals surface area contributed by atoms with Gasteiger partial charge in [0.25, 0.3) is 0 Å². The predicted molar refractivity (Wildman–Crippen MR) is 174 cm³/mol. The smallest absolute Gasteiger partial charge is 0.231 e. The van der Waals surface area contributed by atoms with Gasteiger partial charge in [0.05, 0.1) is 16.9 Å². The fraction of sp³-hybridized carbons (Fsp3) is 0.457. The molecule has 0 radical (unpaired) electrons. The molecule has 1 aliphatic carbocycles. The van der Waals surface area contributed by atoms with Crippen molar-refractivity contribution in [2.45, 2.75) is 71.9 Å². The average Bonchev–Trinajstić information content (AvgIpc) is 3.53. The maximum atomic E-state index is 14.5.